The van der Waals surface area contributed by atoms with Gasteiger partial charge >= 0.3 is 0 Å². The van der Waals surface area contributed by atoms with E-state index >= 15 is 0 Å². The smallest absolute Gasteiger partial charge is 0.254 e. The van der Waals surface area contributed by atoms with Crippen molar-refractivity contribution in [2.75, 3.05) is 26.2 Å². The van der Waals surface area contributed by atoms with Crippen molar-refractivity contribution in [1.29, 1.82) is 0 Å². The third-order valence-electron chi connectivity index (χ3n) is 3.78. The van der Waals surface area contributed by atoms with E-state index in [1.165, 1.54) is 0 Å². The van der Waals surface area contributed by atoms with Crippen LogP contribution in [0.15, 0.2) is 48.5 Å². The van der Waals surface area contributed by atoms with Gasteiger partial charge in [0.1, 0.15) is 12.4 Å². The molecule has 0 unspecified atom stereocenters. The third kappa shape index (κ3) is 4.87. The molecule has 0 atom stereocenters. The van der Waals surface area contributed by atoms with Crippen molar-refractivity contribution in [2.24, 2.45) is 0 Å². The number of hydrogen-bond donors (Lipinski definition) is 1. The molecule has 4 nitrogen and oxygen atoms in total. The minimum atomic E-state index is 0. The number of nitrogens with zero attached hydrogens (tertiary/aromatic N) is 1. The predicted octanol–water partition coefficient (Wildman–Crippen LogP) is 3.39. The van der Waals surface area contributed by atoms with E-state index < -0.39 is 0 Å². The summed E-state index contributed by atoms with van der Waals surface area (Å²) in [4.78, 5) is 14.4. The Bertz CT molecular complexity index is 688. The van der Waals surface area contributed by atoms with Crippen LogP contribution in [0.5, 0.6) is 5.75 Å². The van der Waals surface area contributed by atoms with Gasteiger partial charge in [-0.15, -0.1) is 12.4 Å². The highest BCUT2D eigenvalue weighted by Gasteiger charge is 2.18. The SMILES string of the molecule is Cl.O=C(c1cccc(OCc2cccc(Cl)c2)c1)N1CCNCC1. The Morgan fingerprint density at radius 1 is 1.12 bits per heavy atom. The van der Waals surface area contributed by atoms with Gasteiger partial charge in [0.05, 0.1) is 0 Å². The van der Waals surface area contributed by atoms with Gasteiger partial charge in [-0.1, -0.05) is 29.8 Å². The van der Waals surface area contributed by atoms with Crippen molar-refractivity contribution in [3.8, 4) is 5.75 Å². The highest BCUT2D eigenvalue weighted by molar-refractivity contribution is 6.30. The van der Waals surface area contributed by atoms with Crippen LogP contribution in [0.3, 0.4) is 0 Å². The molecule has 1 amide bonds. The van der Waals surface area contributed by atoms with Crippen LogP contribution in [-0.2, 0) is 6.61 Å². The van der Waals surface area contributed by atoms with E-state index in [0.29, 0.717) is 22.9 Å². The minimum Gasteiger partial charge on any atom is -0.489 e. The molecule has 24 heavy (non-hydrogen) atoms. The minimum absolute atomic E-state index is 0. The molecule has 0 saturated carbocycles. The van der Waals surface area contributed by atoms with Crippen LogP contribution in [-0.4, -0.2) is 37.0 Å². The number of hydrogen-bond acceptors (Lipinski definition) is 3. The van der Waals surface area contributed by atoms with E-state index in [-0.39, 0.29) is 18.3 Å². The molecule has 6 heteroatoms. The summed E-state index contributed by atoms with van der Waals surface area (Å²) in [5.41, 5.74) is 1.66. The van der Waals surface area contributed by atoms with Crippen molar-refractivity contribution >= 4 is 29.9 Å². The van der Waals surface area contributed by atoms with E-state index in [2.05, 4.69) is 5.32 Å². The van der Waals surface area contributed by atoms with Gasteiger partial charge in [0.2, 0.25) is 0 Å². The van der Waals surface area contributed by atoms with Gasteiger partial charge in [-0.2, -0.15) is 0 Å². The lowest BCUT2D eigenvalue weighted by Crippen LogP contribution is -2.46. The molecule has 0 aliphatic carbocycles. The first kappa shape index (κ1) is 18.6. The molecule has 1 aliphatic rings. The Morgan fingerprint density at radius 3 is 2.62 bits per heavy atom. The third-order valence-corrected chi connectivity index (χ3v) is 4.01. The Hall–Kier alpha value is -1.75. The van der Waals surface area contributed by atoms with Crippen molar-refractivity contribution in [1.82, 2.24) is 10.2 Å². The van der Waals surface area contributed by atoms with Crippen LogP contribution < -0.4 is 10.1 Å². The number of carbonyl (C=O) groups is 1. The summed E-state index contributed by atoms with van der Waals surface area (Å²) in [5, 5.41) is 3.93. The summed E-state index contributed by atoms with van der Waals surface area (Å²) >= 11 is 5.97. The number of rotatable bonds is 4. The normalized spacial score (nSPS) is 14.0. The molecule has 1 fully saturated rings. The standard InChI is InChI=1S/C18H19ClN2O2.ClH/c19-16-5-1-3-14(11-16)13-23-17-6-2-4-15(12-17)18(22)21-9-7-20-8-10-21;/h1-6,11-12,20H,7-10,13H2;1H. The van der Waals surface area contributed by atoms with Crippen molar-refractivity contribution in [3.63, 3.8) is 0 Å². The lowest BCUT2D eigenvalue weighted by atomic mass is 10.1. The summed E-state index contributed by atoms with van der Waals surface area (Å²) < 4.78 is 5.78. The first-order valence-electron chi connectivity index (χ1n) is 7.70. The molecule has 3 rings (SSSR count). The number of carbonyl (C=O) groups excluding carboxylic acids is 1. The van der Waals surface area contributed by atoms with Crippen LogP contribution in [0.1, 0.15) is 15.9 Å². The average Bonchev–Trinajstić information content (AvgIpc) is 2.60. The summed E-state index contributed by atoms with van der Waals surface area (Å²) in [6, 6.07) is 14.9. The fourth-order valence-electron chi connectivity index (χ4n) is 2.56. The van der Waals surface area contributed by atoms with Crippen LogP contribution in [0.25, 0.3) is 0 Å². The second kappa shape index (κ2) is 8.92. The summed E-state index contributed by atoms with van der Waals surface area (Å²) in [6.45, 7) is 3.60. The van der Waals surface area contributed by atoms with E-state index in [1.54, 1.807) is 6.07 Å². The zero-order valence-corrected chi connectivity index (χ0v) is 14.8. The van der Waals surface area contributed by atoms with Gasteiger partial charge in [0, 0.05) is 36.8 Å². The maximum atomic E-state index is 12.5. The van der Waals surface area contributed by atoms with Gasteiger partial charge in [-0.05, 0) is 35.9 Å². The largest absolute Gasteiger partial charge is 0.489 e. The number of nitrogens with one attached hydrogen (secondary N) is 1. The zero-order chi connectivity index (χ0) is 16.1. The lowest BCUT2D eigenvalue weighted by Gasteiger charge is -2.27. The maximum Gasteiger partial charge on any atom is 0.254 e. The molecule has 2 aromatic rings. The van der Waals surface area contributed by atoms with E-state index in [1.807, 2.05) is 47.4 Å². The number of benzene rings is 2. The van der Waals surface area contributed by atoms with Gasteiger partial charge in [0.25, 0.3) is 5.91 Å². The maximum absolute atomic E-state index is 12.5. The quantitative estimate of drug-likeness (QED) is 0.901. The molecule has 0 aromatic heterocycles. The molecule has 0 bridgehead atoms. The molecular weight excluding hydrogens is 347 g/mol. The highest BCUT2D eigenvalue weighted by atomic mass is 35.5. The van der Waals surface area contributed by atoms with E-state index in [9.17, 15) is 4.79 Å². The predicted molar refractivity (Wildman–Crippen MR) is 98.2 cm³/mol. The molecule has 1 aliphatic heterocycles. The Kier molecular flexibility index (Phi) is 6.91. The molecule has 1 saturated heterocycles. The molecular formula is C18H20Cl2N2O2. The van der Waals surface area contributed by atoms with Crippen molar-refractivity contribution in [2.45, 2.75) is 6.61 Å². The first-order chi connectivity index (χ1) is 11.2. The molecule has 1 N–H and O–H groups in total. The van der Waals surface area contributed by atoms with E-state index in [4.69, 9.17) is 16.3 Å². The number of amides is 1. The van der Waals surface area contributed by atoms with Gasteiger partial charge in [-0.25, -0.2) is 0 Å². The Morgan fingerprint density at radius 2 is 1.88 bits per heavy atom. The number of ether oxygens (including phenoxy) is 1. The first-order valence-corrected chi connectivity index (χ1v) is 8.07. The van der Waals surface area contributed by atoms with Crippen LogP contribution in [0.4, 0.5) is 0 Å². The number of halogens is 2. The average molecular weight is 367 g/mol. The zero-order valence-electron chi connectivity index (χ0n) is 13.2. The molecule has 0 radical (unpaired) electrons. The summed E-state index contributed by atoms with van der Waals surface area (Å²) in [7, 11) is 0. The topological polar surface area (TPSA) is 41.6 Å². The monoisotopic (exact) mass is 366 g/mol. The summed E-state index contributed by atoms with van der Waals surface area (Å²) in [5.74, 6) is 0.741. The molecule has 0 spiro atoms. The number of piperazine rings is 1. The lowest BCUT2D eigenvalue weighted by molar-refractivity contribution is 0.0735. The van der Waals surface area contributed by atoms with Gasteiger partial charge in [0.15, 0.2) is 0 Å². The van der Waals surface area contributed by atoms with E-state index in [0.717, 1.165) is 31.7 Å². The van der Waals surface area contributed by atoms with Crippen LogP contribution >= 0.6 is 24.0 Å². The Labute approximate surface area is 153 Å². The van der Waals surface area contributed by atoms with Crippen LogP contribution in [0, 0.1) is 0 Å². The van der Waals surface area contributed by atoms with Crippen LogP contribution in [0.2, 0.25) is 5.02 Å². The summed E-state index contributed by atoms with van der Waals surface area (Å²) in [6.07, 6.45) is 0. The fraction of sp³-hybridized carbons (Fsp3) is 0.278. The molecule has 2 aromatic carbocycles. The van der Waals surface area contributed by atoms with Crippen molar-refractivity contribution in [3.05, 3.63) is 64.7 Å². The Balaban J connectivity index is 0.00000208. The second-order valence-electron chi connectivity index (χ2n) is 5.49. The molecule has 1 heterocycles. The highest BCUT2D eigenvalue weighted by Crippen LogP contribution is 2.18. The molecule has 128 valence electrons. The second-order valence-corrected chi connectivity index (χ2v) is 5.93. The fourth-order valence-corrected chi connectivity index (χ4v) is 2.78. The van der Waals surface area contributed by atoms with Crippen molar-refractivity contribution < 1.29 is 9.53 Å². The van der Waals surface area contributed by atoms with Gasteiger partial charge < -0.3 is 15.0 Å². The van der Waals surface area contributed by atoms with Gasteiger partial charge in [-0.3, -0.25) is 4.79 Å².